The third-order valence-corrected chi connectivity index (χ3v) is 2.71. The normalized spacial score (nSPS) is 10.1. The van der Waals surface area contributed by atoms with Crippen molar-refractivity contribution in [2.45, 2.75) is 0 Å². The standard InChI is InChI=1S/C11H8BrClN2O/c12-7-3-4-8(13)10(6-7)16-11-9(14)2-1-5-15-11/h1-6H,14H2. The van der Waals surface area contributed by atoms with Crippen molar-refractivity contribution in [2.75, 3.05) is 5.73 Å². The summed E-state index contributed by atoms with van der Waals surface area (Å²) in [5.74, 6) is 0.865. The van der Waals surface area contributed by atoms with Crippen LogP contribution in [0.3, 0.4) is 0 Å². The monoisotopic (exact) mass is 298 g/mol. The van der Waals surface area contributed by atoms with Gasteiger partial charge in [0.05, 0.1) is 10.7 Å². The Bertz CT molecular complexity index is 519. The molecule has 0 bridgehead atoms. The molecule has 0 saturated heterocycles. The Morgan fingerprint density at radius 1 is 1.31 bits per heavy atom. The first-order valence-electron chi connectivity index (χ1n) is 4.50. The molecule has 0 aliphatic carbocycles. The van der Waals surface area contributed by atoms with Gasteiger partial charge in [-0.25, -0.2) is 4.98 Å². The van der Waals surface area contributed by atoms with Crippen molar-refractivity contribution in [2.24, 2.45) is 0 Å². The Kier molecular flexibility index (Phi) is 3.31. The number of pyridine rings is 1. The quantitative estimate of drug-likeness (QED) is 0.915. The third kappa shape index (κ3) is 2.46. The van der Waals surface area contributed by atoms with Crippen LogP contribution in [0.25, 0.3) is 0 Å². The highest BCUT2D eigenvalue weighted by molar-refractivity contribution is 9.10. The van der Waals surface area contributed by atoms with Crippen LogP contribution in [-0.2, 0) is 0 Å². The number of nitrogens with zero attached hydrogens (tertiary/aromatic N) is 1. The molecular weight excluding hydrogens is 291 g/mol. The smallest absolute Gasteiger partial charge is 0.242 e. The van der Waals surface area contributed by atoms with Crippen LogP contribution in [0, 0.1) is 0 Å². The van der Waals surface area contributed by atoms with Gasteiger partial charge in [0.15, 0.2) is 0 Å². The lowest BCUT2D eigenvalue weighted by atomic mass is 10.3. The molecule has 1 aromatic carbocycles. The number of hydrogen-bond donors (Lipinski definition) is 1. The molecule has 0 amide bonds. The highest BCUT2D eigenvalue weighted by atomic mass is 79.9. The zero-order valence-electron chi connectivity index (χ0n) is 8.15. The second kappa shape index (κ2) is 4.72. The minimum absolute atomic E-state index is 0.350. The molecule has 0 spiro atoms. The van der Waals surface area contributed by atoms with E-state index in [1.54, 1.807) is 30.5 Å². The van der Waals surface area contributed by atoms with Crippen molar-refractivity contribution in [3.05, 3.63) is 46.0 Å². The van der Waals surface area contributed by atoms with E-state index in [9.17, 15) is 0 Å². The first-order chi connectivity index (χ1) is 7.66. The zero-order valence-corrected chi connectivity index (χ0v) is 10.5. The minimum atomic E-state index is 0.350. The summed E-state index contributed by atoms with van der Waals surface area (Å²) in [7, 11) is 0. The second-order valence-electron chi connectivity index (χ2n) is 3.07. The summed E-state index contributed by atoms with van der Waals surface area (Å²) >= 11 is 9.32. The van der Waals surface area contributed by atoms with Gasteiger partial charge in [0.1, 0.15) is 5.75 Å². The Morgan fingerprint density at radius 2 is 2.12 bits per heavy atom. The number of aromatic nitrogens is 1. The SMILES string of the molecule is Nc1cccnc1Oc1cc(Br)ccc1Cl. The number of nitrogens with two attached hydrogens (primary N) is 1. The average molecular weight is 300 g/mol. The lowest BCUT2D eigenvalue weighted by Crippen LogP contribution is -1.94. The first-order valence-corrected chi connectivity index (χ1v) is 5.67. The highest BCUT2D eigenvalue weighted by Crippen LogP contribution is 2.32. The number of ether oxygens (including phenoxy) is 1. The summed E-state index contributed by atoms with van der Waals surface area (Å²) in [6.07, 6.45) is 1.61. The number of rotatable bonds is 2. The van der Waals surface area contributed by atoms with E-state index < -0.39 is 0 Å². The van der Waals surface area contributed by atoms with Gasteiger partial charge in [0.2, 0.25) is 5.88 Å². The number of hydrogen-bond acceptors (Lipinski definition) is 3. The lowest BCUT2D eigenvalue weighted by molar-refractivity contribution is 0.465. The van der Waals surface area contributed by atoms with Crippen molar-refractivity contribution >= 4 is 33.2 Å². The van der Waals surface area contributed by atoms with Crippen LogP contribution >= 0.6 is 27.5 Å². The van der Waals surface area contributed by atoms with Crippen LogP contribution in [0.1, 0.15) is 0 Å². The number of nitrogen functional groups attached to an aromatic ring is 1. The molecule has 0 unspecified atom stereocenters. The highest BCUT2D eigenvalue weighted by Gasteiger charge is 2.07. The molecule has 2 N–H and O–H groups in total. The van der Waals surface area contributed by atoms with Gasteiger partial charge < -0.3 is 10.5 Å². The Labute approximate surface area is 106 Å². The van der Waals surface area contributed by atoms with Gasteiger partial charge in [-0.05, 0) is 30.3 Å². The molecule has 82 valence electrons. The molecular formula is C11H8BrClN2O. The van der Waals surface area contributed by atoms with Crippen LogP contribution in [-0.4, -0.2) is 4.98 Å². The van der Waals surface area contributed by atoms with E-state index in [-0.39, 0.29) is 0 Å². The predicted octanol–water partition coefficient (Wildman–Crippen LogP) is 3.87. The Balaban J connectivity index is 2.34. The summed E-state index contributed by atoms with van der Waals surface area (Å²) < 4.78 is 6.40. The van der Waals surface area contributed by atoms with Crippen molar-refractivity contribution in [1.82, 2.24) is 4.98 Å². The molecule has 0 saturated carbocycles. The van der Waals surface area contributed by atoms with Gasteiger partial charge in [-0.1, -0.05) is 27.5 Å². The average Bonchev–Trinajstić information content (AvgIpc) is 2.27. The molecule has 16 heavy (non-hydrogen) atoms. The lowest BCUT2D eigenvalue weighted by Gasteiger charge is -2.08. The molecule has 0 radical (unpaired) electrons. The molecule has 0 aliphatic rings. The number of benzene rings is 1. The summed E-state index contributed by atoms with van der Waals surface area (Å²) in [4.78, 5) is 4.02. The van der Waals surface area contributed by atoms with Crippen LogP contribution in [0.2, 0.25) is 5.02 Å². The fourth-order valence-electron chi connectivity index (χ4n) is 1.15. The van der Waals surface area contributed by atoms with Crippen molar-refractivity contribution in [3.8, 4) is 11.6 Å². The summed E-state index contributed by atoms with van der Waals surface area (Å²) in [6, 6.07) is 8.78. The molecule has 0 aliphatic heterocycles. The minimum Gasteiger partial charge on any atom is -0.435 e. The fraction of sp³-hybridized carbons (Fsp3) is 0. The predicted molar refractivity (Wildman–Crippen MR) is 67.9 cm³/mol. The van der Waals surface area contributed by atoms with Crippen LogP contribution in [0.4, 0.5) is 5.69 Å². The van der Waals surface area contributed by atoms with E-state index in [4.69, 9.17) is 22.1 Å². The fourth-order valence-corrected chi connectivity index (χ4v) is 1.64. The van der Waals surface area contributed by atoms with Crippen LogP contribution < -0.4 is 10.5 Å². The first kappa shape index (κ1) is 11.2. The third-order valence-electron chi connectivity index (χ3n) is 1.90. The van der Waals surface area contributed by atoms with E-state index in [1.807, 2.05) is 6.07 Å². The van der Waals surface area contributed by atoms with E-state index in [2.05, 4.69) is 20.9 Å². The van der Waals surface area contributed by atoms with E-state index in [0.717, 1.165) is 4.47 Å². The maximum atomic E-state index is 5.98. The van der Waals surface area contributed by atoms with Crippen molar-refractivity contribution in [1.29, 1.82) is 0 Å². The maximum absolute atomic E-state index is 5.98. The zero-order chi connectivity index (χ0) is 11.5. The van der Waals surface area contributed by atoms with Gasteiger partial charge in [-0.2, -0.15) is 0 Å². The van der Waals surface area contributed by atoms with Crippen molar-refractivity contribution < 1.29 is 4.74 Å². The molecule has 0 fully saturated rings. The van der Waals surface area contributed by atoms with E-state index in [0.29, 0.717) is 22.3 Å². The second-order valence-corrected chi connectivity index (χ2v) is 4.40. The molecule has 2 aromatic rings. The molecule has 5 heteroatoms. The topological polar surface area (TPSA) is 48.1 Å². The summed E-state index contributed by atoms with van der Waals surface area (Å²) in [6.45, 7) is 0. The van der Waals surface area contributed by atoms with Crippen LogP contribution in [0.15, 0.2) is 41.0 Å². The van der Waals surface area contributed by atoms with Gasteiger partial charge in [-0.15, -0.1) is 0 Å². The van der Waals surface area contributed by atoms with E-state index in [1.165, 1.54) is 0 Å². The van der Waals surface area contributed by atoms with E-state index >= 15 is 0 Å². The summed E-state index contributed by atoms with van der Waals surface area (Å²) in [5, 5.41) is 0.508. The van der Waals surface area contributed by atoms with Gasteiger partial charge in [0, 0.05) is 10.7 Å². The van der Waals surface area contributed by atoms with Crippen molar-refractivity contribution in [3.63, 3.8) is 0 Å². The molecule has 3 nitrogen and oxygen atoms in total. The summed E-state index contributed by atoms with van der Waals surface area (Å²) in [5.41, 5.74) is 6.19. The van der Waals surface area contributed by atoms with Gasteiger partial charge in [0.25, 0.3) is 0 Å². The van der Waals surface area contributed by atoms with Crippen LogP contribution in [0.5, 0.6) is 11.6 Å². The molecule has 0 atom stereocenters. The molecule has 1 heterocycles. The number of halogens is 2. The largest absolute Gasteiger partial charge is 0.435 e. The Hall–Kier alpha value is -1.26. The van der Waals surface area contributed by atoms with Gasteiger partial charge >= 0.3 is 0 Å². The van der Waals surface area contributed by atoms with Gasteiger partial charge in [-0.3, -0.25) is 0 Å². The molecule has 2 rings (SSSR count). The number of anilines is 1. The molecule has 1 aromatic heterocycles. The Morgan fingerprint density at radius 3 is 2.88 bits per heavy atom. The maximum Gasteiger partial charge on any atom is 0.242 e.